The van der Waals surface area contributed by atoms with Gasteiger partial charge in [0.25, 0.3) is 0 Å². The minimum Gasteiger partial charge on any atom is -0.495 e. The number of rotatable bonds is 1. The Balaban J connectivity index is 2.64. The topological polar surface area (TPSA) is 45.9 Å². The third kappa shape index (κ3) is 1.38. The van der Waals surface area contributed by atoms with Gasteiger partial charge in [-0.05, 0) is 18.2 Å². The molecule has 0 fully saturated rings. The van der Waals surface area contributed by atoms with Crippen LogP contribution in [0.25, 0.3) is 10.9 Å². The molecule has 0 aliphatic rings. The first-order valence-corrected chi connectivity index (χ1v) is 4.17. The molecule has 0 atom stereocenters. The maximum atomic E-state index is 8.70. The molecule has 3 nitrogen and oxygen atoms in total. The third-order valence-corrected chi connectivity index (χ3v) is 2.02. The van der Waals surface area contributed by atoms with Gasteiger partial charge in [0.15, 0.2) is 0 Å². The summed E-state index contributed by atoms with van der Waals surface area (Å²) in [7, 11) is 1.60. The molecular weight excluding hydrogens is 176 g/mol. The molecule has 2 rings (SSSR count). The Bertz CT molecular complexity index is 514. The predicted molar refractivity (Wildman–Crippen MR) is 53.0 cm³/mol. The molecule has 0 N–H and O–H groups in total. The highest BCUT2D eigenvalue weighted by Gasteiger charge is 1.98. The summed E-state index contributed by atoms with van der Waals surface area (Å²) in [5.41, 5.74) is 1.43. The second-order valence-electron chi connectivity index (χ2n) is 2.89. The average Bonchev–Trinajstić information content (AvgIpc) is 2.27. The fraction of sp³-hybridized carbons (Fsp3) is 0.0909. The summed E-state index contributed by atoms with van der Waals surface area (Å²) < 4.78 is 5.05. The Morgan fingerprint density at radius 1 is 1.36 bits per heavy atom. The highest BCUT2D eigenvalue weighted by atomic mass is 16.5. The zero-order valence-electron chi connectivity index (χ0n) is 7.69. The van der Waals surface area contributed by atoms with Crippen LogP contribution in [0.15, 0.2) is 30.5 Å². The molecule has 0 unspecified atom stereocenters. The Morgan fingerprint density at radius 2 is 2.21 bits per heavy atom. The molecule has 0 aliphatic heterocycles. The van der Waals surface area contributed by atoms with Gasteiger partial charge in [-0.1, -0.05) is 6.07 Å². The van der Waals surface area contributed by atoms with Gasteiger partial charge in [0.1, 0.15) is 5.75 Å². The molecule has 0 radical (unpaired) electrons. The van der Waals surface area contributed by atoms with Crippen LogP contribution in [0.1, 0.15) is 5.56 Å². The van der Waals surface area contributed by atoms with Crippen molar-refractivity contribution < 1.29 is 4.74 Å². The molecule has 0 saturated heterocycles. The van der Waals surface area contributed by atoms with E-state index >= 15 is 0 Å². The maximum absolute atomic E-state index is 8.70. The zero-order valence-corrected chi connectivity index (χ0v) is 7.69. The lowest BCUT2D eigenvalue weighted by Gasteiger charge is -2.01. The molecule has 1 aromatic carbocycles. The van der Waals surface area contributed by atoms with Crippen molar-refractivity contribution in [3.8, 4) is 11.8 Å². The zero-order chi connectivity index (χ0) is 9.97. The van der Waals surface area contributed by atoms with E-state index < -0.39 is 0 Å². The highest BCUT2D eigenvalue weighted by molar-refractivity contribution is 5.80. The van der Waals surface area contributed by atoms with Gasteiger partial charge in [0.2, 0.25) is 0 Å². The number of nitrogens with zero attached hydrogens (tertiary/aromatic N) is 2. The van der Waals surface area contributed by atoms with Crippen molar-refractivity contribution in [1.29, 1.82) is 5.26 Å². The first-order chi connectivity index (χ1) is 6.83. The van der Waals surface area contributed by atoms with Crippen molar-refractivity contribution in [1.82, 2.24) is 4.98 Å². The smallest absolute Gasteiger partial charge is 0.137 e. The van der Waals surface area contributed by atoms with Crippen molar-refractivity contribution in [3.05, 3.63) is 36.0 Å². The van der Waals surface area contributed by atoms with Crippen LogP contribution in [0.2, 0.25) is 0 Å². The number of nitriles is 1. The van der Waals surface area contributed by atoms with E-state index in [4.69, 9.17) is 10.00 Å². The Hall–Kier alpha value is -2.08. The van der Waals surface area contributed by atoms with Crippen LogP contribution < -0.4 is 4.74 Å². The fourth-order valence-electron chi connectivity index (χ4n) is 1.28. The van der Waals surface area contributed by atoms with Crippen LogP contribution in [-0.4, -0.2) is 12.1 Å². The number of pyridine rings is 1. The summed E-state index contributed by atoms with van der Waals surface area (Å²) >= 11 is 0. The quantitative estimate of drug-likeness (QED) is 0.681. The number of hydrogen-bond donors (Lipinski definition) is 0. The highest BCUT2D eigenvalue weighted by Crippen LogP contribution is 2.18. The van der Waals surface area contributed by atoms with Crippen molar-refractivity contribution in [2.45, 2.75) is 0 Å². The van der Waals surface area contributed by atoms with Gasteiger partial charge < -0.3 is 4.74 Å². The molecule has 0 saturated carbocycles. The summed E-state index contributed by atoms with van der Waals surface area (Å²) in [4.78, 5) is 4.18. The molecule has 0 bridgehead atoms. The number of aromatic nitrogens is 1. The van der Waals surface area contributed by atoms with Gasteiger partial charge in [-0.25, -0.2) is 0 Å². The summed E-state index contributed by atoms with van der Waals surface area (Å²) in [5.74, 6) is 0.724. The second kappa shape index (κ2) is 3.35. The van der Waals surface area contributed by atoms with E-state index in [1.165, 1.54) is 0 Å². The van der Waals surface area contributed by atoms with Crippen LogP contribution in [0.4, 0.5) is 0 Å². The molecule has 3 heteroatoms. The van der Waals surface area contributed by atoms with Gasteiger partial charge in [-0.15, -0.1) is 0 Å². The van der Waals surface area contributed by atoms with E-state index in [1.807, 2.05) is 12.1 Å². The standard InChI is InChI=1S/C11H8N2O/c1-14-10-5-9-3-2-8(6-12)4-11(9)13-7-10/h2-5,7H,1H3. The molecule has 68 valence electrons. The predicted octanol–water partition coefficient (Wildman–Crippen LogP) is 2.12. The van der Waals surface area contributed by atoms with Gasteiger partial charge >= 0.3 is 0 Å². The lowest BCUT2D eigenvalue weighted by molar-refractivity contribution is 0.414. The van der Waals surface area contributed by atoms with E-state index in [1.54, 1.807) is 25.4 Å². The summed E-state index contributed by atoms with van der Waals surface area (Å²) in [6, 6.07) is 9.36. The molecule has 1 heterocycles. The van der Waals surface area contributed by atoms with E-state index in [9.17, 15) is 0 Å². The number of fused-ring (bicyclic) bond motifs is 1. The van der Waals surface area contributed by atoms with Crippen LogP contribution in [-0.2, 0) is 0 Å². The minimum absolute atomic E-state index is 0.621. The minimum atomic E-state index is 0.621. The largest absolute Gasteiger partial charge is 0.495 e. The van der Waals surface area contributed by atoms with E-state index in [-0.39, 0.29) is 0 Å². The Labute approximate surface area is 81.6 Å². The molecule has 1 aromatic heterocycles. The third-order valence-electron chi connectivity index (χ3n) is 2.02. The van der Waals surface area contributed by atoms with Crippen molar-refractivity contribution in [2.75, 3.05) is 7.11 Å². The first-order valence-electron chi connectivity index (χ1n) is 4.17. The number of benzene rings is 1. The SMILES string of the molecule is COc1cnc2cc(C#N)ccc2c1. The average molecular weight is 184 g/mol. The van der Waals surface area contributed by atoms with E-state index in [0.29, 0.717) is 5.56 Å². The van der Waals surface area contributed by atoms with Gasteiger partial charge in [0.05, 0.1) is 30.5 Å². The summed E-state index contributed by atoms with van der Waals surface area (Å²) in [5, 5.41) is 9.67. The second-order valence-corrected chi connectivity index (χ2v) is 2.89. The van der Waals surface area contributed by atoms with Crippen molar-refractivity contribution in [2.24, 2.45) is 0 Å². The van der Waals surface area contributed by atoms with Gasteiger partial charge in [-0.2, -0.15) is 5.26 Å². The molecule has 0 amide bonds. The molecule has 0 spiro atoms. The Kier molecular flexibility index (Phi) is 2.04. The lowest BCUT2D eigenvalue weighted by Crippen LogP contribution is -1.86. The van der Waals surface area contributed by atoms with Crippen molar-refractivity contribution in [3.63, 3.8) is 0 Å². The monoisotopic (exact) mass is 184 g/mol. The number of hydrogen-bond acceptors (Lipinski definition) is 3. The number of methoxy groups -OCH3 is 1. The molecule has 14 heavy (non-hydrogen) atoms. The fourth-order valence-corrected chi connectivity index (χ4v) is 1.28. The van der Waals surface area contributed by atoms with Crippen LogP contribution >= 0.6 is 0 Å². The first kappa shape index (κ1) is 8.52. The maximum Gasteiger partial charge on any atom is 0.137 e. The van der Waals surface area contributed by atoms with Crippen LogP contribution in [0, 0.1) is 11.3 Å². The van der Waals surface area contributed by atoms with E-state index in [2.05, 4.69) is 11.1 Å². The molecule has 0 aliphatic carbocycles. The van der Waals surface area contributed by atoms with Crippen molar-refractivity contribution >= 4 is 10.9 Å². The van der Waals surface area contributed by atoms with Crippen LogP contribution in [0.3, 0.4) is 0 Å². The molecule has 2 aromatic rings. The Morgan fingerprint density at radius 3 is 2.93 bits per heavy atom. The van der Waals surface area contributed by atoms with Crippen LogP contribution in [0.5, 0.6) is 5.75 Å². The summed E-state index contributed by atoms with van der Waals surface area (Å²) in [6.07, 6.45) is 1.64. The number of ether oxygens (including phenoxy) is 1. The summed E-state index contributed by atoms with van der Waals surface area (Å²) in [6.45, 7) is 0. The van der Waals surface area contributed by atoms with Gasteiger partial charge in [-0.3, -0.25) is 4.98 Å². The van der Waals surface area contributed by atoms with Gasteiger partial charge in [0, 0.05) is 5.39 Å². The molecular formula is C11H8N2O. The lowest BCUT2D eigenvalue weighted by atomic mass is 10.1. The normalized spacial score (nSPS) is 9.71. The van der Waals surface area contributed by atoms with E-state index in [0.717, 1.165) is 16.7 Å².